The third-order valence-electron chi connectivity index (χ3n) is 5.58. The van der Waals surface area contributed by atoms with Crippen molar-refractivity contribution >= 4 is 40.1 Å². The van der Waals surface area contributed by atoms with Gasteiger partial charge in [0, 0.05) is 35.0 Å². The summed E-state index contributed by atoms with van der Waals surface area (Å²) in [7, 11) is 1.53. The van der Waals surface area contributed by atoms with E-state index in [1.54, 1.807) is 30.3 Å². The summed E-state index contributed by atoms with van der Waals surface area (Å²) in [6.45, 7) is 2.03. The maximum Gasteiger partial charge on any atom is 0.336 e. The van der Waals surface area contributed by atoms with Gasteiger partial charge in [-0.25, -0.2) is 4.79 Å². The molecular weight excluding hydrogens is 434 g/mol. The van der Waals surface area contributed by atoms with Gasteiger partial charge in [0.2, 0.25) is 5.91 Å². The lowest BCUT2D eigenvalue weighted by atomic mass is 10.1. The highest BCUT2D eigenvalue weighted by molar-refractivity contribution is 6.32. The SMILES string of the molecule is CCc1cc2oc(=O)cc(COC(=O)[C@@H]3CC(=O)N(c4ccccc4OC)C3)c2cc1Cl. The van der Waals surface area contributed by atoms with Gasteiger partial charge in [-0.1, -0.05) is 30.7 Å². The highest BCUT2D eigenvalue weighted by atomic mass is 35.5. The first-order chi connectivity index (χ1) is 15.4. The van der Waals surface area contributed by atoms with E-state index >= 15 is 0 Å². The van der Waals surface area contributed by atoms with Gasteiger partial charge in [-0.15, -0.1) is 0 Å². The highest BCUT2D eigenvalue weighted by Crippen LogP contribution is 2.33. The number of hydrogen-bond donors (Lipinski definition) is 0. The second-order valence-corrected chi connectivity index (χ2v) is 7.98. The number of anilines is 1. The Kier molecular flexibility index (Phi) is 6.19. The van der Waals surface area contributed by atoms with E-state index < -0.39 is 17.5 Å². The Morgan fingerprint density at radius 3 is 2.72 bits per heavy atom. The van der Waals surface area contributed by atoms with Gasteiger partial charge in [-0.2, -0.15) is 0 Å². The minimum absolute atomic E-state index is 0.0419. The van der Waals surface area contributed by atoms with Crippen molar-refractivity contribution in [3.05, 3.63) is 69.0 Å². The molecule has 1 fully saturated rings. The van der Waals surface area contributed by atoms with Crippen molar-refractivity contribution in [1.29, 1.82) is 0 Å². The first-order valence-corrected chi connectivity index (χ1v) is 10.6. The maximum absolute atomic E-state index is 12.7. The number of ether oxygens (including phenoxy) is 2. The largest absolute Gasteiger partial charge is 0.495 e. The summed E-state index contributed by atoms with van der Waals surface area (Å²) in [6, 6.07) is 11.9. The second-order valence-electron chi connectivity index (χ2n) is 7.57. The van der Waals surface area contributed by atoms with Crippen LogP contribution in [0, 0.1) is 5.92 Å². The molecule has 32 heavy (non-hydrogen) atoms. The smallest absolute Gasteiger partial charge is 0.336 e. The fourth-order valence-corrected chi connectivity index (χ4v) is 4.19. The van der Waals surface area contributed by atoms with Crippen molar-refractivity contribution in [3.8, 4) is 5.75 Å². The topological polar surface area (TPSA) is 86.0 Å². The zero-order valence-corrected chi connectivity index (χ0v) is 18.5. The lowest BCUT2D eigenvalue weighted by molar-refractivity contribution is -0.149. The lowest BCUT2D eigenvalue weighted by Crippen LogP contribution is -2.26. The number of nitrogens with zero attached hydrogens (tertiary/aromatic N) is 1. The van der Waals surface area contributed by atoms with Gasteiger partial charge in [-0.05, 0) is 36.2 Å². The first kappa shape index (κ1) is 21.9. The highest BCUT2D eigenvalue weighted by Gasteiger charge is 2.37. The summed E-state index contributed by atoms with van der Waals surface area (Å²) >= 11 is 6.32. The van der Waals surface area contributed by atoms with Gasteiger partial charge in [0.15, 0.2) is 0 Å². The Morgan fingerprint density at radius 2 is 1.97 bits per heavy atom. The maximum atomic E-state index is 12.7. The molecule has 8 heteroatoms. The third kappa shape index (κ3) is 4.21. The summed E-state index contributed by atoms with van der Waals surface area (Å²) in [5, 5.41) is 1.16. The van der Waals surface area contributed by atoms with Gasteiger partial charge < -0.3 is 18.8 Å². The van der Waals surface area contributed by atoms with Crippen LogP contribution in [0.1, 0.15) is 24.5 Å². The number of benzene rings is 2. The molecule has 7 nitrogen and oxygen atoms in total. The molecule has 1 atom stereocenters. The molecule has 166 valence electrons. The van der Waals surface area contributed by atoms with E-state index in [-0.39, 0.29) is 25.5 Å². The Hall–Kier alpha value is -3.32. The molecule has 0 aliphatic carbocycles. The number of para-hydroxylation sites is 2. The average molecular weight is 456 g/mol. The minimum Gasteiger partial charge on any atom is -0.495 e. The number of aryl methyl sites for hydroxylation is 1. The molecule has 3 aromatic rings. The standard InChI is InChI=1S/C24H22ClNO6/c1-3-14-8-21-17(11-18(14)25)16(10-23(28)32-21)13-31-24(29)15-9-22(27)26(12-15)19-6-4-5-7-20(19)30-2/h4-8,10-11,15H,3,9,12-13H2,1-2H3/t15-/m1/s1. The van der Waals surface area contributed by atoms with Crippen LogP contribution in [-0.2, 0) is 27.4 Å². The van der Waals surface area contributed by atoms with Crippen LogP contribution in [0.2, 0.25) is 5.02 Å². The molecule has 1 aromatic heterocycles. The van der Waals surface area contributed by atoms with E-state index in [0.717, 1.165) is 5.56 Å². The molecule has 0 spiro atoms. The Bertz CT molecular complexity index is 1250. The molecule has 1 amide bonds. The van der Waals surface area contributed by atoms with Crippen molar-refractivity contribution in [2.75, 3.05) is 18.6 Å². The first-order valence-electron chi connectivity index (χ1n) is 10.3. The quantitative estimate of drug-likeness (QED) is 0.410. The van der Waals surface area contributed by atoms with E-state index in [9.17, 15) is 14.4 Å². The van der Waals surface area contributed by atoms with Gasteiger partial charge in [0.1, 0.15) is 17.9 Å². The van der Waals surface area contributed by atoms with Gasteiger partial charge in [-0.3, -0.25) is 9.59 Å². The average Bonchev–Trinajstić information content (AvgIpc) is 3.18. The van der Waals surface area contributed by atoms with E-state index in [2.05, 4.69) is 0 Å². The number of fused-ring (bicyclic) bond motifs is 1. The van der Waals surface area contributed by atoms with Crippen LogP contribution in [0.25, 0.3) is 11.0 Å². The number of rotatable bonds is 6. The normalized spacial score (nSPS) is 15.9. The lowest BCUT2D eigenvalue weighted by Gasteiger charge is -2.19. The summed E-state index contributed by atoms with van der Waals surface area (Å²) in [4.78, 5) is 38.8. The van der Waals surface area contributed by atoms with Crippen LogP contribution in [0.5, 0.6) is 5.75 Å². The molecule has 2 heterocycles. The number of halogens is 1. The third-order valence-corrected chi connectivity index (χ3v) is 5.93. The summed E-state index contributed by atoms with van der Waals surface area (Å²) in [5.41, 5.74) is 1.83. The molecule has 2 aromatic carbocycles. The number of esters is 1. The van der Waals surface area contributed by atoms with Crippen molar-refractivity contribution < 1.29 is 23.5 Å². The summed E-state index contributed by atoms with van der Waals surface area (Å²) in [6.07, 6.45) is 0.732. The molecule has 1 aliphatic rings. The van der Waals surface area contributed by atoms with E-state index in [1.165, 1.54) is 18.1 Å². The van der Waals surface area contributed by atoms with Crippen molar-refractivity contribution in [2.24, 2.45) is 5.92 Å². The van der Waals surface area contributed by atoms with E-state index in [4.69, 9.17) is 25.5 Å². The van der Waals surface area contributed by atoms with Gasteiger partial charge in [0.25, 0.3) is 0 Å². The molecule has 0 saturated carbocycles. The fourth-order valence-electron chi connectivity index (χ4n) is 3.90. The van der Waals surface area contributed by atoms with Crippen LogP contribution in [0.3, 0.4) is 0 Å². The van der Waals surface area contributed by atoms with Gasteiger partial charge in [0.05, 0.1) is 18.7 Å². The molecule has 4 rings (SSSR count). The zero-order valence-electron chi connectivity index (χ0n) is 17.7. The molecule has 0 radical (unpaired) electrons. The Labute approximate surface area is 189 Å². The van der Waals surface area contributed by atoms with Crippen molar-refractivity contribution in [3.63, 3.8) is 0 Å². The van der Waals surface area contributed by atoms with E-state index in [0.29, 0.717) is 39.4 Å². The van der Waals surface area contributed by atoms with Crippen LogP contribution in [0.15, 0.2) is 51.7 Å². The predicted octanol–water partition coefficient (Wildman–Crippen LogP) is 4.11. The van der Waals surface area contributed by atoms with Crippen LogP contribution in [-0.4, -0.2) is 25.5 Å². The molecular formula is C24H22ClNO6. The van der Waals surface area contributed by atoms with Crippen LogP contribution in [0.4, 0.5) is 5.69 Å². The molecule has 0 unspecified atom stereocenters. The van der Waals surface area contributed by atoms with Crippen molar-refractivity contribution in [2.45, 2.75) is 26.4 Å². The predicted molar refractivity (Wildman–Crippen MR) is 120 cm³/mol. The Morgan fingerprint density at radius 1 is 1.19 bits per heavy atom. The van der Waals surface area contributed by atoms with Gasteiger partial charge >= 0.3 is 11.6 Å². The number of methoxy groups -OCH3 is 1. The number of carbonyl (C=O) groups is 2. The number of amides is 1. The molecule has 1 aliphatic heterocycles. The minimum atomic E-state index is -0.617. The van der Waals surface area contributed by atoms with Crippen molar-refractivity contribution in [1.82, 2.24) is 0 Å². The Balaban J connectivity index is 1.51. The number of carbonyl (C=O) groups excluding carboxylic acids is 2. The summed E-state index contributed by atoms with van der Waals surface area (Å²) in [5.74, 6) is -0.746. The molecule has 0 bridgehead atoms. The summed E-state index contributed by atoms with van der Waals surface area (Å²) < 4.78 is 16.1. The zero-order chi connectivity index (χ0) is 22.8. The second kappa shape index (κ2) is 9.04. The van der Waals surface area contributed by atoms with E-state index in [1.807, 2.05) is 13.0 Å². The molecule has 1 saturated heterocycles. The van der Waals surface area contributed by atoms with Crippen LogP contribution < -0.4 is 15.3 Å². The monoisotopic (exact) mass is 455 g/mol. The van der Waals surface area contributed by atoms with Crippen LogP contribution >= 0.6 is 11.6 Å². The molecule has 0 N–H and O–H groups in total. The fraction of sp³-hybridized carbons (Fsp3) is 0.292. The number of hydrogen-bond acceptors (Lipinski definition) is 6.